The number of nitrogens with zero attached hydrogens (tertiary/aromatic N) is 1. The fourth-order valence-electron chi connectivity index (χ4n) is 0.936. The summed E-state index contributed by atoms with van der Waals surface area (Å²) in [7, 11) is 0. The van der Waals surface area contributed by atoms with E-state index < -0.39 is 24.9 Å². The number of nitrogens with two attached hydrogens (primary N) is 1. The van der Waals surface area contributed by atoms with Gasteiger partial charge in [-0.15, -0.1) is 0 Å². The Morgan fingerprint density at radius 2 is 2.25 bits per heavy atom. The molecule has 0 aliphatic carbocycles. The molecule has 0 radical (unpaired) electrons. The van der Waals surface area contributed by atoms with Crippen molar-refractivity contribution >= 4 is 5.91 Å². The average Bonchev–Trinajstić information content (AvgIpc) is 2.26. The second-order valence-electron chi connectivity index (χ2n) is 3.17. The van der Waals surface area contributed by atoms with Gasteiger partial charge in [0.15, 0.2) is 0 Å². The molecule has 0 aromatic carbocycles. The molecule has 16 heavy (non-hydrogen) atoms. The molecule has 88 valence electrons. The lowest BCUT2D eigenvalue weighted by Crippen LogP contribution is -2.41. The molecule has 1 rings (SSSR count). The first-order valence-electron chi connectivity index (χ1n) is 4.45. The van der Waals surface area contributed by atoms with E-state index in [9.17, 15) is 13.6 Å². The number of aromatic nitrogens is 1. The Kier molecular flexibility index (Phi) is 3.73. The Morgan fingerprint density at radius 1 is 1.56 bits per heavy atom. The van der Waals surface area contributed by atoms with Crippen LogP contribution in [0.1, 0.15) is 10.4 Å². The molecule has 0 unspecified atom stereocenters. The third-order valence-electron chi connectivity index (χ3n) is 1.79. The van der Waals surface area contributed by atoms with Gasteiger partial charge in [0.1, 0.15) is 5.75 Å². The molecule has 0 spiro atoms. The standard InChI is InChI=1S/C9H11F2N3O2/c10-9(11,4-12)5-14-8(16)6-1-7(15)3-13-2-6/h1-3,15H,4-5,12H2,(H,14,16). The van der Waals surface area contributed by atoms with E-state index in [0.29, 0.717) is 0 Å². The predicted molar refractivity (Wildman–Crippen MR) is 52.2 cm³/mol. The SMILES string of the molecule is NCC(F)(F)CNC(=O)c1cncc(O)c1. The van der Waals surface area contributed by atoms with Crippen LogP contribution in [0.25, 0.3) is 0 Å². The van der Waals surface area contributed by atoms with Crippen LogP contribution in [0.4, 0.5) is 8.78 Å². The van der Waals surface area contributed by atoms with Crippen molar-refractivity contribution in [2.75, 3.05) is 13.1 Å². The van der Waals surface area contributed by atoms with E-state index in [0.717, 1.165) is 18.5 Å². The summed E-state index contributed by atoms with van der Waals surface area (Å²) < 4.78 is 25.4. The largest absolute Gasteiger partial charge is 0.506 e. The summed E-state index contributed by atoms with van der Waals surface area (Å²) in [6.45, 7) is -1.69. The Labute approximate surface area is 90.3 Å². The van der Waals surface area contributed by atoms with Gasteiger partial charge in [0.05, 0.1) is 24.8 Å². The van der Waals surface area contributed by atoms with Crippen LogP contribution in [0.5, 0.6) is 5.75 Å². The van der Waals surface area contributed by atoms with Gasteiger partial charge < -0.3 is 16.2 Å². The molecule has 0 bridgehead atoms. The number of hydrogen-bond donors (Lipinski definition) is 3. The van der Waals surface area contributed by atoms with Gasteiger partial charge in [-0.2, -0.15) is 0 Å². The number of carbonyl (C=O) groups excluding carboxylic acids is 1. The van der Waals surface area contributed by atoms with Crippen LogP contribution in [0.15, 0.2) is 18.5 Å². The van der Waals surface area contributed by atoms with Gasteiger partial charge in [0, 0.05) is 6.20 Å². The average molecular weight is 231 g/mol. The Bertz CT molecular complexity index is 385. The molecule has 1 heterocycles. The molecule has 0 atom stereocenters. The summed E-state index contributed by atoms with van der Waals surface area (Å²) in [6, 6.07) is 1.13. The van der Waals surface area contributed by atoms with E-state index in [-0.39, 0.29) is 11.3 Å². The zero-order valence-corrected chi connectivity index (χ0v) is 8.28. The molecule has 0 aliphatic heterocycles. The van der Waals surface area contributed by atoms with E-state index in [2.05, 4.69) is 4.98 Å². The van der Waals surface area contributed by atoms with Crippen LogP contribution >= 0.6 is 0 Å². The lowest BCUT2D eigenvalue weighted by Gasteiger charge is -2.14. The minimum absolute atomic E-state index is 0.00724. The minimum atomic E-state index is -3.14. The molecular weight excluding hydrogens is 220 g/mol. The van der Waals surface area contributed by atoms with Crippen molar-refractivity contribution in [3.05, 3.63) is 24.0 Å². The molecule has 0 saturated heterocycles. The van der Waals surface area contributed by atoms with Gasteiger partial charge in [-0.1, -0.05) is 0 Å². The molecular formula is C9H11F2N3O2. The van der Waals surface area contributed by atoms with E-state index in [1.54, 1.807) is 0 Å². The van der Waals surface area contributed by atoms with Crippen molar-refractivity contribution in [2.24, 2.45) is 5.73 Å². The van der Waals surface area contributed by atoms with Crippen molar-refractivity contribution in [3.63, 3.8) is 0 Å². The lowest BCUT2D eigenvalue weighted by molar-refractivity contribution is 0.0118. The Hall–Kier alpha value is -1.76. The first kappa shape index (κ1) is 12.3. The van der Waals surface area contributed by atoms with Crippen LogP contribution in [-0.4, -0.2) is 35.0 Å². The monoisotopic (exact) mass is 231 g/mol. The van der Waals surface area contributed by atoms with Gasteiger partial charge in [-0.25, -0.2) is 8.78 Å². The van der Waals surface area contributed by atoms with Crippen molar-refractivity contribution < 1.29 is 18.7 Å². The Balaban J connectivity index is 2.60. The number of pyridine rings is 1. The maximum absolute atomic E-state index is 12.7. The topological polar surface area (TPSA) is 88.2 Å². The van der Waals surface area contributed by atoms with Gasteiger partial charge in [0.2, 0.25) is 0 Å². The van der Waals surface area contributed by atoms with Crippen LogP contribution < -0.4 is 11.1 Å². The van der Waals surface area contributed by atoms with Crippen LogP contribution in [0.2, 0.25) is 0 Å². The molecule has 0 fully saturated rings. The normalized spacial score (nSPS) is 11.2. The highest BCUT2D eigenvalue weighted by atomic mass is 19.3. The molecule has 7 heteroatoms. The molecule has 1 aromatic heterocycles. The van der Waals surface area contributed by atoms with Crippen molar-refractivity contribution in [1.82, 2.24) is 10.3 Å². The number of hydrogen-bond acceptors (Lipinski definition) is 4. The number of nitrogens with one attached hydrogen (secondary N) is 1. The number of alkyl halides is 2. The summed E-state index contributed by atoms with van der Waals surface area (Å²) >= 11 is 0. The summed E-state index contributed by atoms with van der Waals surface area (Å²) in [6.07, 6.45) is 2.29. The molecule has 0 saturated carbocycles. The van der Waals surface area contributed by atoms with Gasteiger partial charge in [-0.3, -0.25) is 9.78 Å². The second-order valence-corrected chi connectivity index (χ2v) is 3.17. The van der Waals surface area contributed by atoms with Crippen molar-refractivity contribution in [3.8, 4) is 5.75 Å². The highest BCUT2D eigenvalue weighted by Gasteiger charge is 2.27. The fraction of sp³-hybridized carbons (Fsp3) is 0.333. The number of halogens is 2. The van der Waals surface area contributed by atoms with Crippen molar-refractivity contribution in [2.45, 2.75) is 5.92 Å². The quantitative estimate of drug-likeness (QED) is 0.686. The summed E-state index contributed by atoms with van der Waals surface area (Å²) in [4.78, 5) is 14.9. The van der Waals surface area contributed by atoms with Gasteiger partial charge in [-0.05, 0) is 6.07 Å². The first-order chi connectivity index (χ1) is 7.44. The van der Waals surface area contributed by atoms with E-state index in [1.165, 1.54) is 0 Å². The highest BCUT2D eigenvalue weighted by Crippen LogP contribution is 2.11. The third-order valence-corrected chi connectivity index (χ3v) is 1.79. The lowest BCUT2D eigenvalue weighted by atomic mass is 10.2. The third kappa shape index (κ3) is 3.43. The zero-order chi connectivity index (χ0) is 12.2. The molecule has 1 aromatic rings. The van der Waals surface area contributed by atoms with Crippen LogP contribution in [0.3, 0.4) is 0 Å². The highest BCUT2D eigenvalue weighted by molar-refractivity contribution is 5.94. The summed E-state index contributed by atoms with van der Waals surface area (Å²) in [5, 5.41) is 11.0. The maximum Gasteiger partial charge on any atom is 0.277 e. The fourth-order valence-corrected chi connectivity index (χ4v) is 0.936. The van der Waals surface area contributed by atoms with E-state index >= 15 is 0 Å². The molecule has 4 N–H and O–H groups in total. The number of rotatable bonds is 4. The molecule has 1 amide bonds. The molecule has 0 aliphatic rings. The van der Waals surface area contributed by atoms with E-state index in [4.69, 9.17) is 10.8 Å². The van der Waals surface area contributed by atoms with Gasteiger partial charge >= 0.3 is 0 Å². The molecule has 5 nitrogen and oxygen atoms in total. The smallest absolute Gasteiger partial charge is 0.277 e. The number of carbonyl (C=O) groups is 1. The Morgan fingerprint density at radius 3 is 2.81 bits per heavy atom. The van der Waals surface area contributed by atoms with Crippen LogP contribution in [0, 0.1) is 0 Å². The van der Waals surface area contributed by atoms with Crippen LogP contribution in [-0.2, 0) is 0 Å². The number of amides is 1. The summed E-state index contributed by atoms with van der Waals surface area (Å²) in [5.74, 6) is -4.09. The van der Waals surface area contributed by atoms with Crippen molar-refractivity contribution in [1.29, 1.82) is 0 Å². The number of aromatic hydroxyl groups is 1. The summed E-state index contributed by atoms with van der Waals surface area (Å²) in [5.41, 5.74) is 4.81. The second kappa shape index (κ2) is 4.84. The predicted octanol–water partition coefficient (Wildman–Crippen LogP) is 0.111. The van der Waals surface area contributed by atoms with E-state index in [1.807, 2.05) is 5.32 Å². The zero-order valence-electron chi connectivity index (χ0n) is 8.28. The van der Waals surface area contributed by atoms with Gasteiger partial charge in [0.25, 0.3) is 11.8 Å². The maximum atomic E-state index is 12.7. The first-order valence-corrected chi connectivity index (χ1v) is 4.45. The minimum Gasteiger partial charge on any atom is -0.506 e.